The maximum Gasteiger partial charge on any atom is 0.237 e. The summed E-state index contributed by atoms with van der Waals surface area (Å²) in [5, 5.41) is 3.03. The predicted octanol–water partition coefficient (Wildman–Crippen LogP) is 2.91. The van der Waals surface area contributed by atoms with Gasteiger partial charge in [0, 0.05) is 6.54 Å². The molecule has 4 nitrogen and oxygen atoms in total. The molecule has 0 aliphatic heterocycles. The molecule has 0 saturated carbocycles. The first kappa shape index (κ1) is 13.5. The highest BCUT2D eigenvalue weighted by atomic mass is 16.5. The minimum absolute atomic E-state index is 0.521. The third-order valence-electron chi connectivity index (χ3n) is 3.02. The fraction of sp³-hybridized carbons (Fsp3) is 0.333. The Morgan fingerprint density at radius 3 is 2.53 bits per heavy atom. The summed E-state index contributed by atoms with van der Waals surface area (Å²) in [6, 6.07) is 4.16. The van der Waals surface area contributed by atoms with Crippen LogP contribution in [0.4, 0.5) is 0 Å². The van der Waals surface area contributed by atoms with Crippen LogP contribution >= 0.6 is 0 Å². The lowest BCUT2D eigenvalue weighted by molar-refractivity contribution is 0.454. The Kier molecular flexibility index (Phi) is 4.12. The van der Waals surface area contributed by atoms with Crippen molar-refractivity contribution in [2.45, 2.75) is 27.3 Å². The van der Waals surface area contributed by atoms with Crippen LogP contribution in [0.25, 0.3) is 0 Å². The number of hydrogen-bond acceptors (Lipinski definition) is 4. The van der Waals surface area contributed by atoms with Crippen LogP contribution in [-0.2, 0) is 6.54 Å². The zero-order chi connectivity index (χ0) is 13.8. The first-order valence-electron chi connectivity index (χ1n) is 6.31. The molecular weight excluding hydrogens is 238 g/mol. The van der Waals surface area contributed by atoms with Gasteiger partial charge in [0.25, 0.3) is 0 Å². The van der Waals surface area contributed by atoms with E-state index in [-0.39, 0.29) is 0 Å². The van der Waals surface area contributed by atoms with Gasteiger partial charge < -0.3 is 10.1 Å². The van der Waals surface area contributed by atoms with Gasteiger partial charge in [-0.05, 0) is 50.6 Å². The van der Waals surface area contributed by atoms with Gasteiger partial charge in [-0.15, -0.1) is 0 Å². The van der Waals surface area contributed by atoms with Crippen LogP contribution in [0.3, 0.4) is 0 Å². The molecular formula is C15H19N3O. The Morgan fingerprint density at radius 1 is 1.11 bits per heavy atom. The summed E-state index contributed by atoms with van der Waals surface area (Å²) in [6.45, 7) is 6.89. The number of benzene rings is 1. The van der Waals surface area contributed by atoms with Crippen molar-refractivity contribution in [3.8, 4) is 11.6 Å². The van der Waals surface area contributed by atoms with Gasteiger partial charge in [0.15, 0.2) is 0 Å². The van der Waals surface area contributed by atoms with E-state index in [1.807, 2.05) is 20.0 Å². The van der Waals surface area contributed by atoms with Gasteiger partial charge in [0.05, 0.1) is 18.1 Å². The third-order valence-corrected chi connectivity index (χ3v) is 3.02. The van der Waals surface area contributed by atoms with Crippen molar-refractivity contribution < 1.29 is 4.74 Å². The largest absolute Gasteiger partial charge is 0.437 e. The van der Waals surface area contributed by atoms with E-state index in [1.54, 1.807) is 12.4 Å². The minimum atomic E-state index is 0.521. The molecule has 100 valence electrons. The van der Waals surface area contributed by atoms with Crippen molar-refractivity contribution in [3.63, 3.8) is 0 Å². The monoisotopic (exact) mass is 257 g/mol. The van der Waals surface area contributed by atoms with Crippen LogP contribution in [0, 0.1) is 20.8 Å². The lowest BCUT2D eigenvalue weighted by Gasteiger charge is -2.11. The number of nitrogens with zero attached hydrogens (tertiary/aromatic N) is 2. The molecule has 0 saturated heterocycles. The zero-order valence-electron chi connectivity index (χ0n) is 11.8. The van der Waals surface area contributed by atoms with Gasteiger partial charge in [-0.25, -0.2) is 4.98 Å². The van der Waals surface area contributed by atoms with Gasteiger partial charge >= 0.3 is 0 Å². The topological polar surface area (TPSA) is 47.0 Å². The molecule has 19 heavy (non-hydrogen) atoms. The molecule has 2 aromatic rings. The van der Waals surface area contributed by atoms with E-state index in [0.717, 1.165) is 17.0 Å². The summed E-state index contributed by atoms with van der Waals surface area (Å²) in [4.78, 5) is 8.56. The lowest BCUT2D eigenvalue weighted by atomic mass is 10.1. The fourth-order valence-electron chi connectivity index (χ4n) is 1.89. The lowest BCUT2D eigenvalue weighted by Crippen LogP contribution is -2.07. The van der Waals surface area contributed by atoms with Crippen LogP contribution in [0.2, 0.25) is 0 Å². The van der Waals surface area contributed by atoms with Crippen molar-refractivity contribution in [2.24, 2.45) is 0 Å². The van der Waals surface area contributed by atoms with Crippen molar-refractivity contribution in [1.29, 1.82) is 0 Å². The van der Waals surface area contributed by atoms with E-state index in [2.05, 4.69) is 35.2 Å². The molecule has 0 aliphatic carbocycles. The molecule has 0 aliphatic rings. The third kappa shape index (κ3) is 3.29. The summed E-state index contributed by atoms with van der Waals surface area (Å²) < 4.78 is 5.81. The highest BCUT2D eigenvalue weighted by Crippen LogP contribution is 2.27. The minimum Gasteiger partial charge on any atom is -0.437 e. The average molecular weight is 257 g/mol. The molecule has 2 rings (SSSR count). The van der Waals surface area contributed by atoms with E-state index >= 15 is 0 Å². The number of ether oxygens (including phenoxy) is 1. The second-order valence-electron chi connectivity index (χ2n) is 4.68. The maximum absolute atomic E-state index is 5.81. The molecule has 1 aromatic heterocycles. The summed E-state index contributed by atoms with van der Waals surface area (Å²) in [6.07, 6.45) is 3.38. The maximum atomic E-state index is 5.81. The Labute approximate surface area is 113 Å². The highest BCUT2D eigenvalue weighted by molar-refractivity contribution is 5.43. The van der Waals surface area contributed by atoms with Crippen LogP contribution in [0.1, 0.15) is 22.4 Å². The van der Waals surface area contributed by atoms with Crippen molar-refractivity contribution >= 4 is 0 Å². The molecule has 4 heteroatoms. The Balaban J connectivity index is 2.21. The summed E-state index contributed by atoms with van der Waals surface area (Å²) in [5.41, 5.74) is 4.42. The summed E-state index contributed by atoms with van der Waals surface area (Å²) >= 11 is 0. The van der Waals surface area contributed by atoms with Crippen LogP contribution < -0.4 is 10.1 Å². The van der Waals surface area contributed by atoms with Gasteiger partial charge in [-0.3, -0.25) is 4.98 Å². The normalized spacial score (nSPS) is 10.5. The van der Waals surface area contributed by atoms with Gasteiger partial charge in [-0.2, -0.15) is 0 Å². The molecule has 1 heterocycles. The van der Waals surface area contributed by atoms with Crippen molar-refractivity contribution in [3.05, 3.63) is 46.9 Å². The second kappa shape index (κ2) is 5.80. The van der Waals surface area contributed by atoms with Crippen LogP contribution in [0.5, 0.6) is 11.6 Å². The van der Waals surface area contributed by atoms with Crippen LogP contribution in [0.15, 0.2) is 24.5 Å². The molecule has 0 fully saturated rings. The van der Waals surface area contributed by atoms with Crippen molar-refractivity contribution in [2.75, 3.05) is 7.05 Å². The van der Waals surface area contributed by atoms with Crippen LogP contribution in [-0.4, -0.2) is 17.0 Å². The van der Waals surface area contributed by atoms with E-state index in [1.165, 1.54) is 11.1 Å². The van der Waals surface area contributed by atoms with Crippen molar-refractivity contribution in [1.82, 2.24) is 15.3 Å². The zero-order valence-corrected chi connectivity index (χ0v) is 11.8. The Morgan fingerprint density at radius 2 is 1.89 bits per heavy atom. The number of rotatable bonds is 4. The van der Waals surface area contributed by atoms with E-state index < -0.39 is 0 Å². The molecule has 0 unspecified atom stereocenters. The molecule has 0 radical (unpaired) electrons. The van der Waals surface area contributed by atoms with Gasteiger partial charge in [-0.1, -0.05) is 6.07 Å². The molecule has 0 amide bonds. The number of aromatic nitrogens is 2. The Hall–Kier alpha value is -1.94. The van der Waals surface area contributed by atoms with Gasteiger partial charge in [0.1, 0.15) is 5.75 Å². The quantitative estimate of drug-likeness (QED) is 0.914. The molecule has 0 spiro atoms. The van der Waals surface area contributed by atoms with E-state index in [4.69, 9.17) is 4.74 Å². The molecule has 0 bridgehead atoms. The number of hydrogen-bond donors (Lipinski definition) is 1. The van der Waals surface area contributed by atoms with E-state index in [0.29, 0.717) is 12.4 Å². The fourth-order valence-corrected chi connectivity index (χ4v) is 1.89. The smallest absolute Gasteiger partial charge is 0.237 e. The first-order chi connectivity index (χ1) is 9.10. The summed E-state index contributed by atoms with van der Waals surface area (Å²) in [7, 11) is 1.88. The first-order valence-corrected chi connectivity index (χ1v) is 6.31. The number of nitrogens with one attached hydrogen (secondary N) is 1. The molecule has 0 atom stereocenters. The molecule has 1 N–H and O–H groups in total. The highest BCUT2D eigenvalue weighted by Gasteiger charge is 2.06. The van der Waals surface area contributed by atoms with E-state index in [9.17, 15) is 0 Å². The average Bonchev–Trinajstić information content (AvgIpc) is 2.38. The Bertz CT molecular complexity index is 564. The summed E-state index contributed by atoms with van der Waals surface area (Å²) in [5.74, 6) is 1.36. The predicted molar refractivity (Wildman–Crippen MR) is 75.5 cm³/mol. The number of aryl methyl sites for hydroxylation is 2. The second-order valence-corrected chi connectivity index (χ2v) is 4.68. The van der Waals surface area contributed by atoms with Gasteiger partial charge in [0.2, 0.25) is 5.88 Å². The standard InChI is InChI=1S/C15H19N3O/c1-10-5-11(2)12(3)14(6-10)19-15-9-17-13(7-16-4)8-18-15/h5-6,8-9,16H,7H2,1-4H3. The SMILES string of the molecule is CNCc1cnc(Oc2cc(C)cc(C)c2C)cn1. The molecule has 1 aromatic carbocycles.